The third-order valence-corrected chi connectivity index (χ3v) is 2.83. The Morgan fingerprint density at radius 2 is 2.06 bits per heavy atom. The molecule has 3 nitrogen and oxygen atoms in total. The third-order valence-electron chi connectivity index (χ3n) is 1.80. The molecule has 0 saturated heterocycles. The minimum absolute atomic E-state index is 0.236. The first kappa shape index (κ1) is 14.2. The van der Waals surface area contributed by atoms with E-state index in [1.807, 2.05) is 26.0 Å². The van der Waals surface area contributed by atoms with Crippen molar-refractivity contribution in [2.24, 2.45) is 10.7 Å². The maximum atomic E-state index is 5.77. The Morgan fingerprint density at radius 3 is 2.65 bits per heavy atom. The highest BCUT2D eigenvalue weighted by molar-refractivity contribution is 8.13. The largest absolute Gasteiger partial charge is 0.493 e. The molecule has 2 N–H and O–H groups in total. The van der Waals surface area contributed by atoms with Crippen LogP contribution in [0, 0.1) is 0 Å². The normalized spacial score (nSPS) is 11.9. The lowest BCUT2D eigenvalue weighted by Crippen LogP contribution is -2.12. The van der Waals surface area contributed by atoms with Gasteiger partial charge in [0.15, 0.2) is 5.17 Å². The van der Waals surface area contributed by atoms with Crippen LogP contribution >= 0.6 is 23.4 Å². The van der Waals surface area contributed by atoms with Crippen molar-refractivity contribution >= 4 is 28.5 Å². The quantitative estimate of drug-likeness (QED) is 0.509. The number of amidine groups is 1. The molecule has 0 heterocycles. The third kappa shape index (κ3) is 6.44. The summed E-state index contributed by atoms with van der Waals surface area (Å²) in [7, 11) is 0. The van der Waals surface area contributed by atoms with Crippen molar-refractivity contribution < 1.29 is 4.74 Å². The number of hydrogen-bond donors (Lipinski definition) is 1. The zero-order chi connectivity index (χ0) is 12.7. The maximum absolute atomic E-state index is 5.77. The number of aliphatic imine (C=N–C) groups is 1. The van der Waals surface area contributed by atoms with E-state index in [-0.39, 0.29) is 6.04 Å². The summed E-state index contributed by atoms with van der Waals surface area (Å²) in [6.07, 6.45) is 0. The van der Waals surface area contributed by atoms with E-state index in [9.17, 15) is 0 Å². The first-order valence-electron chi connectivity index (χ1n) is 5.42. The molecule has 0 aromatic heterocycles. The molecule has 0 fully saturated rings. The van der Waals surface area contributed by atoms with E-state index in [2.05, 4.69) is 4.99 Å². The summed E-state index contributed by atoms with van der Waals surface area (Å²) in [6, 6.07) is 7.54. The lowest BCUT2D eigenvalue weighted by Gasteiger charge is -2.06. The second-order valence-corrected chi connectivity index (χ2v) is 5.26. The van der Waals surface area contributed by atoms with Crippen LogP contribution in [-0.2, 0) is 0 Å². The Bertz CT molecular complexity index is 365. The minimum atomic E-state index is 0.236. The fourth-order valence-electron chi connectivity index (χ4n) is 1.13. The van der Waals surface area contributed by atoms with Crippen molar-refractivity contribution in [3.05, 3.63) is 29.3 Å². The second kappa shape index (κ2) is 7.45. The molecule has 94 valence electrons. The second-order valence-electron chi connectivity index (χ2n) is 3.71. The molecule has 1 aromatic carbocycles. The van der Waals surface area contributed by atoms with Crippen molar-refractivity contribution in [1.82, 2.24) is 0 Å². The van der Waals surface area contributed by atoms with Crippen LogP contribution in [0.15, 0.2) is 29.3 Å². The molecule has 0 atom stereocenters. The monoisotopic (exact) mass is 272 g/mol. The van der Waals surface area contributed by atoms with Crippen LogP contribution in [0.3, 0.4) is 0 Å². The van der Waals surface area contributed by atoms with E-state index < -0.39 is 0 Å². The van der Waals surface area contributed by atoms with Gasteiger partial charge in [-0.1, -0.05) is 23.4 Å². The number of nitrogens with zero attached hydrogens (tertiary/aromatic N) is 1. The molecule has 0 aliphatic rings. The van der Waals surface area contributed by atoms with Crippen molar-refractivity contribution in [3.63, 3.8) is 0 Å². The van der Waals surface area contributed by atoms with Gasteiger partial charge in [-0.05, 0) is 38.1 Å². The molecule has 0 saturated carbocycles. The smallest absolute Gasteiger partial charge is 0.154 e. The van der Waals surface area contributed by atoms with E-state index in [0.717, 1.165) is 11.5 Å². The van der Waals surface area contributed by atoms with Gasteiger partial charge in [0.05, 0.1) is 6.61 Å². The van der Waals surface area contributed by atoms with Gasteiger partial charge < -0.3 is 10.5 Å². The Labute approximate surface area is 111 Å². The van der Waals surface area contributed by atoms with Crippen molar-refractivity contribution in [2.75, 3.05) is 12.4 Å². The van der Waals surface area contributed by atoms with Crippen molar-refractivity contribution in [3.8, 4) is 5.75 Å². The highest BCUT2D eigenvalue weighted by atomic mass is 35.5. The number of thioether (sulfide) groups is 1. The van der Waals surface area contributed by atoms with Gasteiger partial charge in [-0.3, -0.25) is 4.99 Å². The van der Waals surface area contributed by atoms with Crippen LogP contribution < -0.4 is 10.5 Å². The molecule has 5 heteroatoms. The first-order valence-corrected chi connectivity index (χ1v) is 6.78. The molecule has 0 amide bonds. The van der Waals surface area contributed by atoms with E-state index >= 15 is 0 Å². The summed E-state index contributed by atoms with van der Waals surface area (Å²) in [6.45, 7) is 4.59. The number of halogens is 1. The topological polar surface area (TPSA) is 47.6 Å². The van der Waals surface area contributed by atoms with Crippen LogP contribution in [0.2, 0.25) is 5.02 Å². The molecule has 0 aliphatic heterocycles. The van der Waals surface area contributed by atoms with Gasteiger partial charge in [0, 0.05) is 16.8 Å². The average molecular weight is 273 g/mol. The van der Waals surface area contributed by atoms with Crippen molar-refractivity contribution in [2.45, 2.75) is 19.9 Å². The number of hydrogen-bond acceptors (Lipinski definition) is 3. The number of ether oxygens (including phenoxy) is 1. The van der Waals surface area contributed by atoms with Gasteiger partial charge in [-0.25, -0.2) is 0 Å². The van der Waals surface area contributed by atoms with Crippen LogP contribution in [-0.4, -0.2) is 23.6 Å². The molecule has 17 heavy (non-hydrogen) atoms. The van der Waals surface area contributed by atoms with E-state index in [4.69, 9.17) is 22.1 Å². The Balaban J connectivity index is 2.22. The summed E-state index contributed by atoms with van der Waals surface area (Å²) >= 11 is 7.27. The summed E-state index contributed by atoms with van der Waals surface area (Å²) in [5.74, 6) is 1.60. The number of nitrogens with two attached hydrogens (primary N) is 1. The van der Waals surface area contributed by atoms with E-state index in [0.29, 0.717) is 16.8 Å². The lowest BCUT2D eigenvalue weighted by atomic mass is 10.3. The summed E-state index contributed by atoms with van der Waals surface area (Å²) in [5.41, 5.74) is 5.71. The van der Waals surface area contributed by atoms with E-state index in [1.165, 1.54) is 11.8 Å². The fourth-order valence-corrected chi connectivity index (χ4v) is 1.92. The molecule has 0 spiro atoms. The lowest BCUT2D eigenvalue weighted by molar-refractivity contribution is 0.344. The molecular weight excluding hydrogens is 256 g/mol. The van der Waals surface area contributed by atoms with Gasteiger partial charge in [0.2, 0.25) is 0 Å². The highest BCUT2D eigenvalue weighted by Crippen LogP contribution is 2.15. The molecule has 0 bridgehead atoms. The summed E-state index contributed by atoms with van der Waals surface area (Å²) in [4.78, 5) is 4.22. The molecule has 0 radical (unpaired) electrons. The van der Waals surface area contributed by atoms with Gasteiger partial charge in [0.25, 0.3) is 0 Å². The summed E-state index contributed by atoms with van der Waals surface area (Å²) < 4.78 is 5.53. The Hall–Kier alpha value is -0.870. The SMILES string of the molecule is CC(C)N=C(N)SCCOc1ccc(Cl)cc1. The van der Waals surface area contributed by atoms with Crippen LogP contribution in [0.4, 0.5) is 0 Å². The van der Waals surface area contributed by atoms with Crippen LogP contribution in [0.25, 0.3) is 0 Å². The van der Waals surface area contributed by atoms with Crippen LogP contribution in [0.5, 0.6) is 5.75 Å². The molecular formula is C12H17ClN2OS. The average Bonchev–Trinajstić information content (AvgIpc) is 2.26. The number of benzene rings is 1. The van der Waals surface area contributed by atoms with Gasteiger partial charge in [-0.2, -0.15) is 0 Å². The van der Waals surface area contributed by atoms with Gasteiger partial charge in [-0.15, -0.1) is 0 Å². The van der Waals surface area contributed by atoms with Crippen molar-refractivity contribution in [1.29, 1.82) is 0 Å². The predicted octanol–water partition coefficient (Wildman–Crippen LogP) is 3.18. The molecule has 1 rings (SSSR count). The summed E-state index contributed by atoms with van der Waals surface area (Å²) in [5, 5.41) is 1.32. The standard InChI is InChI=1S/C12H17ClN2OS/c1-9(2)15-12(14)17-8-7-16-11-5-3-10(13)4-6-11/h3-6,9H,7-8H2,1-2H3,(H2,14,15). The number of rotatable bonds is 5. The predicted molar refractivity (Wildman–Crippen MR) is 76.2 cm³/mol. The molecule has 1 aromatic rings. The van der Waals surface area contributed by atoms with Crippen LogP contribution in [0.1, 0.15) is 13.8 Å². The Kier molecular flexibility index (Phi) is 6.22. The first-order chi connectivity index (χ1) is 8.08. The zero-order valence-corrected chi connectivity index (χ0v) is 11.6. The fraction of sp³-hybridized carbons (Fsp3) is 0.417. The van der Waals surface area contributed by atoms with E-state index in [1.54, 1.807) is 12.1 Å². The van der Waals surface area contributed by atoms with Gasteiger partial charge in [0.1, 0.15) is 5.75 Å². The minimum Gasteiger partial charge on any atom is -0.493 e. The molecule has 0 unspecified atom stereocenters. The Morgan fingerprint density at radius 1 is 1.41 bits per heavy atom. The highest BCUT2D eigenvalue weighted by Gasteiger charge is 1.97. The zero-order valence-electron chi connectivity index (χ0n) is 10.0. The van der Waals surface area contributed by atoms with Gasteiger partial charge >= 0.3 is 0 Å². The molecule has 0 aliphatic carbocycles. The maximum Gasteiger partial charge on any atom is 0.154 e.